The molecule has 4 nitrogen and oxygen atoms in total. The second-order valence-electron chi connectivity index (χ2n) is 2.77. The Bertz CT molecular complexity index is 559. The van der Waals surface area contributed by atoms with Crippen LogP contribution in [0.3, 0.4) is 0 Å². The van der Waals surface area contributed by atoms with Gasteiger partial charge in [-0.1, -0.05) is 0 Å². The Kier molecular flexibility index (Phi) is 3.08. The summed E-state index contributed by atoms with van der Waals surface area (Å²) in [5, 5.41) is 18.0. The van der Waals surface area contributed by atoms with E-state index in [0.29, 0.717) is 17.0 Å². The van der Waals surface area contributed by atoms with E-state index in [0.717, 1.165) is 22.7 Å². The van der Waals surface area contributed by atoms with Crippen LogP contribution in [0.1, 0.15) is 20.7 Å². The zero-order valence-electron chi connectivity index (χ0n) is 7.28. The SMILES string of the molecule is O=C(O)c1c(Br)sc2c(C(=O)O)c(Br)sc12. The topological polar surface area (TPSA) is 74.6 Å². The van der Waals surface area contributed by atoms with Crippen molar-refractivity contribution >= 4 is 75.9 Å². The summed E-state index contributed by atoms with van der Waals surface area (Å²) in [4.78, 5) is 22.0. The maximum atomic E-state index is 11.0. The number of aromatic carboxylic acids is 2. The average Bonchev–Trinajstić information content (AvgIpc) is 2.55. The third-order valence-electron chi connectivity index (χ3n) is 1.86. The Morgan fingerprint density at radius 3 is 1.44 bits per heavy atom. The second kappa shape index (κ2) is 4.10. The summed E-state index contributed by atoms with van der Waals surface area (Å²) < 4.78 is 1.84. The van der Waals surface area contributed by atoms with Crippen molar-refractivity contribution in [2.45, 2.75) is 0 Å². The van der Waals surface area contributed by atoms with Crippen molar-refractivity contribution in [2.75, 3.05) is 0 Å². The van der Waals surface area contributed by atoms with Crippen LogP contribution in [-0.2, 0) is 0 Å². The lowest BCUT2D eigenvalue weighted by molar-refractivity contribution is 0.0687. The number of hydrogen-bond donors (Lipinski definition) is 2. The van der Waals surface area contributed by atoms with Gasteiger partial charge >= 0.3 is 11.9 Å². The van der Waals surface area contributed by atoms with Gasteiger partial charge in [-0.2, -0.15) is 0 Å². The molecular formula is C8H2Br2O4S2. The van der Waals surface area contributed by atoms with Gasteiger partial charge in [0.05, 0.1) is 17.0 Å². The number of thiophene rings is 2. The first-order valence-corrected chi connectivity index (χ1v) is 7.02. The fourth-order valence-corrected chi connectivity index (χ4v) is 5.51. The zero-order valence-corrected chi connectivity index (χ0v) is 12.1. The van der Waals surface area contributed by atoms with Crippen molar-refractivity contribution < 1.29 is 19.8 Å². The van der Waals surface area contributed by atoms with Crippen LogP contribution in [-0.4, -0.2) is 22.2 Å². The third-order valence-corrected chi connectivity index (χ3v) is 5.75. The van der Waals surface area contributed by atoms with Gasteiger partial charge in [0.1, 0.15) is 11.1 Å². The predicted octanol–water partition coefficient (Wildman–Crippen LogP) is 3.88. The number of rotatable bonds is 2. The quantitative estimate of drug-likeness (QED) is 0.822. The van der Waals surface area contributed by atoms with Crippen molar-refractivity contribution in [1.82, 2.24) is 0 Å². The molecule has 2 rings (SSSR count). The fraction of sp³-hybridized carbons (Fsp3) is 0. The minimum absolute atomic E-state index is 0.123. The second-order valence-corrected chi connectivity index (χ2v) is 7.45. The first-order chi connectivity index (χ1) is 7.43. The van der Waals surface area contributed by atoms with E-state index >= 15 is 0 Å². The van der Waals surface area contributed by atoms with Crippen LogP contribution in [0.15, 0.2) is 7.57 Å². The standard InChI is InChI=1S/C8H2Br2O4S2/c9-5-1(7(11)12)3-4(16-5)2(8(13)14)6(10)15-3/h(H,11,12)(H,13,14). The van der Waals surface area contributed by atoms with E-state index in [1.54, 1.807) is 0 Å². The van der Waals surface area contributed by atoms with Crippen molar-refractivity contribution in [3.05, 3.63) is 18.7 Å². The fourth-order valence-electron chi connectivity index (χ4n) is 1.24. The molecule has 2 N–H and O–H groups in total. The third kappa shape index (κ3) is 1.69. The van der Waals surface area contributed by atoms with E-state index in [2.05, 4.69) is 31.9 Å². The van der Waals surface area contributed by atoms with Gasteiger partial charge in [-0.3, -0.25) is 0 Å². The van der Waals surface area contributed by atoms with E-state index in [-0.39, 0.29) is 11.1 Å². The molecule has 0 fully saturated rings. The Morgan fingerprint density at radius 2 is 1.19 bits per heavy atom. The number of carboxylic acids is 2. The van der Waals surface area contributed by atoms with Gasteiger partial charge in [0, 0.05) is 0 Å². The van der Waals surface area contributed by atoms with Crippen molar-refractivity contribution in [3.8, 4) is 0 Å². The molecule has 0 aliphatic rings. The summed E-state index contributed by atoms with van der Waals surface area (Å²) in [5.74, 6) is -2.13. The minimum atomic E-state index is -1.07. The molecule has 0 radical (unpaired) electrons. The molecule has 0 aromatic carbocycles. The highest BCUT2D eigenvalue weighted by molar-refractivity contribution is 9.11. The molecule has 0 saturated carbocycles. The number of carbonyl (C=O) groups is 2. The summed E-state index contributed by atoms with van der Waals surface area (Å²) in [6.07, 6.45) is 0. The molecule has 84 valence electrons. The summed E-state index contributed by atoms with van der Waals surface area (Å²) in [7, 11) is 0. The monoisotopic (exact) mass is 384 g/mol. The molecule has 0 atom stereocenters. The summed E-state index contributed by atoms with van der Waals surface area (Å²) in [6.45, 7) is 0. The van der Waals surface area contributed by atoms with Crippen molar-refractivity contribution in [3.63, 3.8) is 0 Å². The Hall–Kier alpha value is -0.440. The van der Waals surface area contributed by atoms with Crippen molar-refractivity contribution in [1.29, 1.82) is 0 Å². The van der Waals surface area contributed by atoms with Crippen LogP contribution in [0.5, 0.6) is 0 Å². The minimum Gasteiger partial charge on any atom is -0.478 e. The van der Waals surface area contributed by atoms with Crippen LogP contribution in [0.25, 0.3) is 9.40 Å². The van der Waals surface area contributed by atoms with Crippen LogP contribution < -0.4 is 0 Å². The van der Waals surface area contributed by atoms with Gasteiger partial charge in [0.15, 0.2) is 0 Å². The van der Waals surface area contributed by atoms with E-state index < -0.39 is 11.9 Å². The van der Waals surface area contributed by atoms with Gasteiger partial charge < -0.3 is 10.2 Å². The number of fused-ring (bicyclic) bond motifs is 1. The van der Waals surface area contributed by atoms with Crippen LogP contribution in [0, 0.1) is 0 Å². The molecule has 0 bridgehead atoms. The smallest absolute Gasteiger partial charge is 0.339 e. The molecule has 0 saturated heterocycles. The average molecular weight is 386 g/mol. The van der Waals surface area contributed by atoms with Crippen LogP contribution in [0.2, 0.25) is 0 Å². The van der Waals surface area contributed by atoms with Gasteiger partial charge in [0.2, 0.25) is 0 Å². The highest BCUT2D eigenvalue weighted by Crippen LogP contribution is 2.45. The Morgan fingerprint density at radius 1 is 0.875 bits per heavy atom. The van der Waals surface area contributed by atoms with Crippen LogP contribution >= 0.6 is 54.5 Å². The van der Waals surface area contributed by atoms with Crippen molar-refractivity contribution in [2.24, 2.45) is 0 Å². The van der Waals surface area contributed by atoms with Gasteiger partial charge in [-0.15, -0.1) is 22.7 Å². The van der Waals surface area contributed by atoms with E-state index in [4.69, 9.17) is 10.2 Å². The molecule has 0 amide bonds. The molecule has 0 spiro atoms. The molecule has 0 unspecified atom stereocenters. The number of carboxylic acid groups (broad SMARTS) is 2. The van der Waals surface area contributed by atoms with E-state index in [1.807, 2.05) is 0 Å². The highest BCUT2D eigenvalue weighted by atomic mass is 79.9. The molecule has 0 aliphatic heterocycles. The normalized spacial score (nSPS) is 10.9. The van der Waals surface area contributed by atoms with Gasteiger partial charge in [0.25, 0.3) is 0 Å². The first-order valence-electron chi connectivity index (χ1n) is 3.80. The molecule has 2 heterocycles. The Labute approximate surface area is 114 Å². The molecule has 16 heavy (non-hydrogen) atoms. The molecule has 0 aliphatic carbocycles. The predicted molar refractivity (Wildman–Crippen MR) is 69.0 cm³/mol. The van der Waals surface area contributed by atoms with Crippen LogP contribution in [0.4, 0.5) is 0 Å². The summed E-state index contributed by atoms with van der Waals surface area (Å²) in [6, 6.07) is 0. The number of hydrogen-bond acceptors (Lipinski definition) is 4. The lowest BCUT2D eigenvalue weighted by atomic mass is 10.3. The molecule has 8 heteroatoms. The molecule has 2 aromatic rings. The van der Waals surface area contributed by atoms with Gasteiger partial charge in [-0.25, -0.2) is 9.59 Å². The summed E-state index contributed by atoms with van der Waals surface area (Å²) >= 11 is 8.50. The molecule has 2 aromatic heterocycles. The lowest BCUT2D eigenvalue weighted by Gasteiger charge is -1.89. The summed E-state index contributed by atoms with van der Waals surface area (Å²) in [5.41, 5.74) is 0.247. The number of halogens is 2. The van der Waals surface area contributed by atoms with Gasteiger partial charge in [-0.05, 0) is 31.9 Å². The zero-order chi connectivity index (χ0) is 12.0. The van der Waals surface area contributed by atoms with E-state index in [1.165, 1.54) is 0 Å². The Balaban J connectivity index is 2.88. The largest absolute Gasteiger partial charge is 0.478 e. The first kappa shape index (κ1) is 12.0. The maximum absolute atomic E-state index is 11.0. The maximum Gasteiger partial charge on any atom is 0.339 e. The van der Waals surface area contributed by atoms with E-state index in [9.17, 15) is 9.59 Å². The lowest BCUT2D eigenvalue weighted by Crippen LogP contribution is -1.94. The highest BCUT2D eigenvalue weighted by Gasteiger charge is 2.25. The molecular weight excluding hydrogens is 384 g/mol.